The molecule has 1 amide bonds. The van der Waals surface area contributed by atoms with Crippen molar-refractivity contribution < 1.29 is 14.3 Å². The summed E-state index contributed by atoms with van der Waals surface area (Å²) in [5.41, 5.74) is 2.78. The molecule has 1 heterocycles. The topological polar surface area (TPSA) is 84.1 Å². The van der Waals surface area contributed by atoms with Crippen molar-refractivity contribution in [2.45, 2.75) is 60.0 Å². The summed E-state index contributed by atoms with van der Waals surface area (Å²) in [5.74, 6) is -1.18. The Hall–Kier alpha value is -2.55. The van der Waals surface area contributed by atoms with Crippen molar-refractivity contribution in [1.29, 1.82) is 5.26 Å². The normalized spacial score (nSPS) is 11.3. The Morgan fingerprint density at radius 1 is 1.40 bits per heavy atom. The summed E-state index contributed by atoms with van der Waals surface area (Å²) in [5, 5.41) is 11.9. The number of nitrogens with one attached hydrogen (secondary N) is 1. The highest BCUT2D eigenvalue weighted by Crippen LogP contribution is 2.19. The molecule has 0 unspecified atom stereocenters. The summed E-state index contributed by atoms with van der Waals surface area (Å²) in [4.78, 5) is 23.6. The van der Waals surface area contributed by atoms with Crippen LogP contribution in [0, 0.1) is 25.2 Å². The maximum atomic E-state index is 12.0. The predicted molar refractivity (Wildman–Crippen MR) is 96.6 cm³/mol. The zero-order valence-electron chi connectivity index (χ0n) is 15.7. The van der Waals surface area contributed by atoms with Crippen LogP contribution in [-0.2, 0) is 20.9 Å². The van der Waals surface area contributed by atoms with E-state index in [1.807, 2.05) is 39.8 Å². The van der Waals surface area contributed by atoms with E-state index >= 15 is 0 Å². The molecule has 1 aromatic rings. The minimum atomic E-state index is -0.792. The van der Waals surface area contributed by atoms with Crippen LogP contribution in [0.3, 0.4) is 0 Å². The Morgan fingerprint density at radius 3 is 2.64 bits per heavy atom. The average molecular weight is 345 g/mol. The second kappa shape index (κ2) is 9.67. The number of carbonyl (C=O) groups is 2. The number of hydrogen-bond acceptors (Lipinski definition) is 4. The monoisotopic (exact) mass is 345 g/mol. The van der Waals surface area contributed by atoms with Gasteiger partial charge in [0.25, 0.3) is 5.91 Å². The van der Waals surface area contributed by atoms with Crippen LogP contribution in [-0.4, -0.2) is 29.1 Å². The predicted octanol–water partition coefficient (Wildman–Crippen LogP) is 2.88. The molecule has 6 nitrogen and oxygen atoms in total. The quantitative estimate of drug-likeness (QED) is 0.446. The third kappa shape index (κ3) is 6.11. The van der Waals surface area contributed by atoms with Crippen LogP contribution in [0.5, 0.6) is 0 Å². The van der Waals surface area contributed by atoms with Crippen molar-refractivity contribution in [3.05, 3.63) is 28.6 Å². The Balaban J connectivity index is 2.87. The minimum Gasteiger partial charge on any atom is -0.451 e. The van der Waals surface area contributed by atoms with Crippen LogP contribution < -0.4 is 5.32 Å². The summed E-state index contributed by atoms with van der Waals surface area (Å²) < 4.78 is 7.10. The van der Waals surface area contributed by atoms with Gasteiger partial charge in [-0.05, 0) is 51.8 Å². The number of ether oxygens (including phenoxy) is 1. The summed E-state index contributed by atoms with van der Waals surface area (Å²) >= 11 is 0. The van der Waals surface area contributed by atoms with E-state index in [0.29, 0.717) is 0 Å². The number of unbranched alkanes of at least 4 members (excludes halogenated alkanes) is 1. The molecule has 6 heteroatoms. The third-order valence-electron chi connectivity index (χ3n) is 3.77. The second-order valence-electron chi connectivity index (χ2n) is 6.30. The first-order chi connectivity index (χ1) is 11.8. The Labute approximate surface area is 149 Å². The van der Waals surface area contributed by atoms with Crippen LogP contribution in [0.4, 0.5) is 0 Å². The number of carbonyl (C=O) groups excluding carboxylic acids is 2. The lowest BCUT2D eigenvalue weighted by atomic mass is 10.1. The smallest absolute Gasteiger partial charge is 0.349 e. The molecule has 0 bridgehead atoms. The lowest BCUT2D eigenvalue weighted by Gasteiger charge is -2.09. The number of rotatable bonds is 8. The third-order valence-corrected chi connectivity index (χ3v) is 3.77. The fourth-order valence-corrected chi connectivity index (χ4v) is 2.50. The van der Waals surface area contributed by atoms with Crippen LogP contribution in [0.15, 0.2) is 11.6 Å². The fraction of sp³-hybridized carbons (Fsp3) is 0.526. The zero-order valence-corrected chi connectivity index (χ0v) is 15.7. The van der Waals surface area contributed by atoms with Crippen molar-refractivity contribution in [2.75, 3.05) is 6.61 Å². The van der Waals surface area contributed by atoms with E-state index in [9.17, 15) is 14.9 Å². The van der Waals surface area contributed by atoms with Crippen LogP contribution >= 0.6 is 0 Å². The second-order valence-corrected chi connectivity index (χ2v) is 6.30. The Kier molecular flexibility index (Phi) is 7.93. The molecule has 0 saturated heterocycles. The van der Waals surface area contributed by atoms with Crippen LogP contribution in [0.1, 0.15) is 50.6 Å². The molecule has 0 spiro atoms. The number of nitrogens with zero attached hydrogens (tertiary/aromatic N) is 2. The van der Waals surface area contributed by atoms with Crippen molar-refractivity contribution in [3.63, 3.8) is 0 Å². The fourth-order valence-electron chi connectivity index (χ4n) is 2.50. The molecule has 25 heavy (non-hydrogen) atoms. The van der Waals surface area contributed by atoms with Gasteiger partial charge in [-0.25, -0.2) is 4.79 Å². The molecule has 1 N–H and O–H groups in total. The summed E-state index contributed by atoms with van der Waals surface area (Å²) in [7, 11) is 0. The Morgan fingerprint density at radius 2 is 2.08 bits per heavy atom. The van der Waals surface area contributed by atoms with Gasteiger partial charge in [0.2, 0.25) is 0 Å². The molecule has 136 valence electrons. The molecule has 1 aromatic heterocycles. The standard InChI is InChI=1S/C19H27N3O3/c1-6-7-8-22-14(4)9-16(15(22)5)10-17(11-20)19(24)25-12-18(23)21-13(2)3/h9-10,13H,6-8,12H2,1-5H3,(H,21,23)/b17-10+. The molecule has 0 aliphatic carbocycles. The first kappa shape index (κ1) is 20.5. The van der Waals surface area contributed by atoms with Crippen molar-refractivity contribution in [3.8, 4) is 6.07 Å². The van der Waals surface area contributed by atoms with Gasteiger partial charge in [-0.1, -0.05) is 13.3 Å². The van der Waals surface area contributed by atoms with Crippen LogP contribution in [0.2, 0.25) is 0 Å². The largest absolute Gasteiger partial charge is 0.451 e. The van der Waals surface area contributed by atoms with E-state index < -0.39 is 18.5 Å². The SMILES string of the molecule is CCCCn1c(C)cc(/C=C(\C#N)C(=O)OCC(=O)NC(C)C)c1C. The zero-order chi connectivity index (χ0) is 19.0. The average Bonchev–Trinajstić information content (AvgIpc) is 2.81. The van der Waals surface area contributed by atoms with Gasteiger partial charge in [-0.3, -0.25) is 4.79 Å². The van der Waals surface area contributed by atoms with Gasteiger partial charge in [-0.2, -0.15) is 5.26 Å². The Bertz CT molecular complexity index is 694. The van der Waals surface area contributed by atoms with E-state index in [-0.39, 0.29) is 11.6 Å². The molecular weight excluding hydrogens is 318 g/mol. The van der Waals surface area contributed by atoms with Gasteiger partial charge in [-0.15, -0.1) is 0 Å². The first-order valence-corrected chi connectivity index (χ1v) is 8.55. The molecule has 0 aliphatic rings. The maximum absolute atomic E-state index is 12.0. The highest BCUT2D eigenvalue weighted by molar-refractivity contribution is 5.99. The highest BCUT2D eigenvalue weighted by atomic mass is 16.5. The van der Waals surface area contributed by atoms with Gasteiger partial charge < -0.3 is 14.6 Å². The lowest BCUT2D eigenvalue weighted by molar-refractivity contribution is -0.144. The van der Waals surface area contributed by atoms with E-state index in [0.717, 1.165) is 36.3 Å². The number of aryl methyl sites for hydroxylation is 1. The molecular formula is C19H27N3O3. The minimum absolute atomic E-state index is 0.0364. The lowest BCUT2D eigenvalue weighted by Crippen LogP contribution is -2.34. The van der Waals surface area contributed by atoms with Crippen molar-refractivity contribution in [2.24, 2.45) is 0 Å². The maximum Gasteiger partial charge on any atom is 0.349 e. The number of aromatic nitrogens is 1. The number of hydrogen-bond donors (Lipinski definition) is 1. The van der Waals surface area contributed by atoms with Gasteiger partial charge >= 0.3 is 5.97 Å². The van der Waals surface area contributed by atoms with Gasteiger partial charge in [0.15, 0.2) is 6.61 Å². The molecule has 0 radical (unpaired) electrons. The molecule has 0 atom stereocenters. The molecule has 0 fully saturated rings. The molecule has 0 aromatic carbocycles. The van der Waals surface area contributed by atoms with E-state index in [4.69, 9.17) is 4.74 Å². The molecule has 0 aliphatic heterocycles. The van der Waals surface area contributed by atoms with Crippen molar-refractivity contribution >= 4 is 18.0 Å². The van der Waals surface area contributed by atoms with Crippen molar-refractivity contribution in [1.82, 2.24) is 9.88 Å². The molecule has 0 saturated carbocycles. The number of amides is 1. The van der Waals surface area contributed by atoms with E-state index in [2.05, 4.69) is 16.8 Å². The molecule has 1 rings (SSSR count). The first-order valence-electron chi connectivity index (χ1n) is 8.55. The van der Waals surface area contributed by atoms with Gasteiger partial charge in [0.05, 0.1) is 0 Å². The van der Waals surface area contributed by atoms with Gasteiger partial charge in [0, 0.05) is 24.0 Å². The van der Waals surface area contributed by atoms with E-state index in [1.165, 1.54) is 6.08 Å². The number of nitriles is 1. The highest BCUT2D eigenvalue weighted by Gasteiger charge is 2.15. The number of esters is 1. The summed E-state index contributed by atoms with van der Waals surface area (Å²) in [6.07, 6.45) is 3.68. The summed E-state index contributed by atoms with van der Waals surface area (Å²) in [6.45, 7) is 10.2. The summed E-state index contributed by atoms with van der Waals surface area (Å²) in [6, 6.07) is 3.77. The van der Waals surface area contributed by atoms with Crippen LogP contribution in [0.25, 0.3) is 6.08 Å². The van der Waals surface area contributed by atoms with E-state index in [1.54, 1.807) is 0 Å². The van der Waals surface area contributed by atoms with Gasteiger partial charge in [0.1, 0.15) is 11.6 Å².